The highest BCUT2D eigenvalue weighted by molar-refractivity contribution is 8.00. The molecule has 3 amide bonds. The molecule has 5 rings (SSSR count). The lowest BCUT2D eigenvalue weighted by Crippen LogP contribution is -2.59. The normalized spacial score (nSPS) is 22.2. The molecule has 1 saturated heterocycles. The second-order valence-electron chi connectivity index (χ2n) is 11.6. The number of aliphatic hydroxyl groups excluding tert-OH is 1. The molecule has 0 aromatic heterocycles. The number of carbonyl (C=O) groups is 3. The number of amides is 3. The lowest BCUT2D eigenvalue weighted by Gasteiger charge is -2.33. The van der Waals surface area contributed by atoms with Gasteiger partial charge in [-0.2, -0.15) is 0 Å². The molecule has 0 radical (unpaired) electrons. The molecular weight excluding hydrogens is 550 g/mol. The van der Waals surface area contributed by atoms with Crippen LogP contribution in [0.15, 0.2) is 78.9 Å². The van der Waals surface area contributed by atoms with Crippen LogP contribution >= 0.6 is 11.8 Å². The van der Waals surface area contributed by atoms with Gasteiger partial charge in [-0.1, -0.05) is 66.7 Å². The number of nitrogens with zero attached hydrogens (tertiary/aromatic N) is 1. The van der Waals surface area contributed by atoms with Crippen LogP contribution in [0, 0.1) is 6.92 Å². The van der Waals surface area contributed by atoms with E-state index in [1.165, 1.54) is 28.3 Å². The first-order valence-corrected chi connectivity index (χ1v) is 15.2. The number of aliphatic hydroxyl groups is 1. The van der Waals surface area contributed by atoms with Crippen molar-refractivity contribution in [3.63, 3.8) is 0 Å². The number of benzene rings is 3. The summed E-state index contributed by atoms with van der Waals surface area (Å²) in [5.41, 5.74) is 2.65. The highest BCUT2D eigenvalue weighted by Gasteiger charge is 2.51. The molecule has 1 aliphatic carbocycles. The maximum Gasteiger partial charge on any atom is 0.254 e. The van der Waals surface area contributed by atoms with Gasteiger partial charge in [-0.25, -0.2) is 0 Å². The predicted octanol–water partition coefficient (Wildman–Crippen LogP) is 3.76. The van der Waals surface area contributed by atoms with E-state index in [1.54, 1.807) is 19.1 Å². The number of nitrogens with one attached hydrogen (secondary N) is 2. The number of aromatic hydroxyl groups is 1. The molecule has 0 spiro atoms. The van der Waals surface area contributed by atoms with Gasteiger partial charge in [0.25, 0.3) is 11.8 Å². The van der Waals surface area contributed by atoms with Crippen molar-refractivity contribution in [1.29, 1.82) is 0 Å². The molecule has 220 valence electrons. The number of phenolic OH excluding ortho intramolecular Hbond substituents is 1. The predicted molar refractivity (Wildman–Crippen MR) is 163 cm³/mol. The zero-order valence-corrected chi connectivity index (χ0v) is 24.8. The van der Waals surface area contributed by atoms with Gasteiger partial charge in [0, 0.05) is 27.8 Å². The van der Waals surface area contributed by atoms with Crippen molar-refractivity contribution in [2.45, 2.75) is 68.5 Å². The first-order chi connectivity index (χ1) is 20.1. The molecule has 0 bridgehead atoms. The minimum Gasteiger partial charge on any atom is -0.508 e. The van der Waals surface area contributed by atoms with E-state index in [4.69, 9.17) is 0 Å². The number of hydrogen-bond donors (Lipinski definition) is 4. The average molecular weight is 588 g/mol. The summed E-state index contributed by atoms with van der Waals surface area (Å²) in [7, 11) is 0. The fourth-order valence-corrected chi connectivity index (χ4v) is 6.81. The van der Waals surface area contributed by atoms with Gasteiger partial charge in [0.15, 0.2) is 6.10 Å². The first kappa shape index (κ1) is 29.7. The topological polar surface area (TPSA) is 119 Å². The minimum atomic E-state index is -1.60. The van der Waals surface area contributed by atoms with E-state index in [9.17, 15) is 24.6 Å². The molecule has 3 aromatic carbocycles. The van der Waals surface area contributed by atoms with Gasteiger partial charge in [-0.3, -0.25) is 14.4 Å². The average Bonchev–Trinajstić information content (AvgIpc) is 3.67. The van der Waals surface area contributed by atoms with E-state index in [1.807, 2.05) is 62.4 Å². The molecule has 2 aliphatic rings. The summed E-state index contributed by atoms with van der Waals surface area (Å²) < 4.78 is -0.576. The van der Waals surface area contributed by atoms with Crippen molar-refractivity contribution in [3.05, 3.63) is 101 Å². The summed E-state index contributed by atoms with van der Waals surface area (Å²) in [4.78, 5) is 42.3. The zero-order valence-electron chi connectivity index (χ0n) is 24.0. The van der Waals surface area contributed by atoms with E-state index in [0.29, 0.717) is 5.56 Å². The van der Waals surface area contributed by atoms with E-state index >= 15 is 0 Å². The Bertz CT molecular complexity index is 1450. The molecule has 2 unspecified atom stereocenters. The summed E-state index contributed by atoms with van der Waals surface area (Å²) in [5, 5.41) is 27.6. The van der Waals surface area contributed by atoms with Crippen LogP contribution in [0.1, 0.15) is 53.2 Å². The molecule has 3 aromatic rings. The third kappa shape index (κ3) is 6.32. The lowest BCUT2D eigenvalue weighted by atomic mass is 9.96. The molecule has 1 saturated carbocycles. The fraction of sp³-hybridized carbons (Fsp3) is 0.364. The Morgan fingerprint density at radius 1 is 1.00 bits per heavy atom. The highest BCUT2D eigenvalue weighted by Crippen LogP contribution is 2.43. The minimum absolute atomic E-state index is 0.00109. The van der Waals surface area contributed by atoms with Crippen molar-refractivity contribution in [2.24, 2.45) is 0 Å². The Kier molecular flexibility index (Phi) is 8.61. The smallest absolute Gasteiger partial charge is 0.254 e. The van der Waals surface area contributed by atoms with Crippen LogP contribution in [0.2, 0.25) is 0 Å². The second-order valence-corrected chi connectivity index (χ2v) is 13.2. The number of thioether (sulfide) groups is 1. The number of carbonyl (C=O) groups excluding carboxylic acids is 3. The molecule has 5 atom stereocenters. The molecule has 1 aliphatic heterocycles. The zero-order chi connectivity index (χ0) is 30.0. The van der Waals surface area contributed by atoms with Crippen molar-refractivity contribution in [3.8, 4) is 5.75 Å². The van der Waals surface area contributed by atoms with Crippen molar-refractivity contribution < 1.29 is 24.6 Å². The van der Waals surface area contributed by atoms with Gasteiger partial charge in [0.05, 0.1) is 11.9 Å². The van der Waals surface area contributed by atoms with Gasteiger partial charge >= 0.3 is 0 Å². The largest absolute Gasteiger partial charge is 0.508 e. The summed E-state index contributed by atoms with van der Waals surface area (Å²) in [6, 6.07) is 22.2. The van der Waals surface area contributed by atoms with Crippen molar-refractivity contribution in [2.75, 3.05) is 5.88 Å². The van der Waals surface area contributed by atoms with Gasteiger partial charge in [0.1, 0.15) is 11.8 Å². The Labute approximate surface area is 250 Å². The van der Waals surface area contributed by atoms with Crippen LogP contribution in [0.4, 0.5) is 0 Å². The van der Waals surface area contributed by atoms with Crippen LogP contribution < -0.4 is 10.6 Å². The third-order valence-corrected chi connectivity index (χ3v) is 9.60. The lowest BCUT2D eigenvalue weighted by molar-refractivity contribution is -0.147. The Morgan fingerprint density at radius 3 is 2.36 bits per heavy atom. The molecule has 42 heavy (non-hydrogen) atoms. The Morgan fingerprint density at radius 2 is 1.67 bits per heavy atom. The van der Waals surface area contributed by atoms with E-state index in [0.717, 1.165) is 12.0 Å². The van der Waals surface area contributed by atoms with Crippen LogP contribution in [0.25, 0.3) is 0 Å². The van der Waals surface area contributed by atoms with Crippen LogP contribution in [0.3, 0.4) is 0 Å². The second kappa shape index (κ2) is 12.2. The van der Waals surface area contributed by atoms with Crippen LogP contribution in [-0.4, -0.2) is 67.7 Å². The maximum absolute atomic E-state index is 13.9. The molecule has 4 N–H and O–H groups in total. The van der Waals surface area contributed by atoms with Crippen molar-refractivity contribution >= 4 is 29.5 Å². The van der Waals surface area contributed by atoms with Crippen LogP contribution in [0.5, 0.6) is 5.75 Å². The number of hydrogen-bond acceptors (Lipinski definition) is 6. The van der Waals surface area contributed by atoms with Gasteiger partial charge in [-0.05, 0) is 56.9 Å². The molecule has 1 heterocycles. The maximum atomic E-state index is 13.9. The Balaban J connectivity index is 1.34. The van der Waals surface area contributed by atoms with E-state index < -0.39 is 34.7 Å². The Hall–Kier alpha value is -3.82. The standard InChI is InChI=1S/C33H37N3O5S/c1-20-23(15-10-16-27(20)37)30(39)35-26(17-21-11-6-4-7-12-21)28(38)32(41)36-19-42-33(2,3)29(36)31(40)34-25-18-24(25)22-13-8-5-9-14-22/h4-16,24-26,28-29,37-38H,17-19H2,1-3H3,(H,34,40)(H,35,39)/t24?,25-,26?,28-,29+/m0/s1. The highest BCUT2D eigenvalue weighted by atomic mass is 32.2. The molecular formula is C33H37N3O5S. The summed E-state index contributed by atoms with van der Waals surface area (Å²) >= 11 is 1.48. The van der Waals surface area contributed by atoms with E-state index in [-0.39, 0.29) is 41.5 Å². The van der Waals surface area contributed by atoms with Crippen molar-refractivity contribution in [1.82, 2.24) is 15.5 Å². The quantitative estimate of drug-likeness (QED) is 0.303. The van der Waals surface area contributed by atoms with Gasteiger partial charge in [0.2, 0.25) is 5.91 Å². The third-order valence-electron chi connectivity index (χ3n) is 8.22. The van der Waals surface area contributed by atoms with Gasteiger partial charge < -0.3 is 25.7 Å². The monoisotopic (exact) mass is 587 g/mol. The first-order valence-electron chi connectivity index (χ1n) is 14.2. The SMILES string of the molecule is Cc1c(O)cccc1C(=O)NC(Cc1ccccc1)[C@H](O)C(=O)N1CSC(C)(C)[C@H]1C(=O)N[C@H]1CC1c1ccccc1. The summed E-state index contributed by atoms with van der Waals surface area (Å²) in [5.74, 6) is -0.902. The molecule has 2 fully saturated rings. The fourth-order valence-electron chi connectivity index (χ4n) is 5.66. The van der Waals surface area contributed by atoms with Gasteiger partial charge in [-0.15, -0.1) is 11.8 Å². The van der Waals surface area contributed by atoms with Crippen LogP contribution in [-0.2, 0) is 16.0 Å². The summed E-state index contributed by atoms with van der Waals surface area (Å²) in [6.45, 7) is 5.49. The molecule has 9 heteroatoms. The number of phenols is 1. The number of rotatable bonds is 9. The molecule has 8 nitrogen and oxygen atoms in total. The summed E-state index contributed by atoms with van der Waals surface area (Å²) in [6.07, 6.45) is -0.569. The van der Waals surface area contributed by atoms with E-state index in [2.05, 4.69) is 22.8 Å².